The van der Waals surface area contributed by atoms with Crippen LogP contribution < -0.4 is 10.6 Å². The normalized spacial score (nSPS) is 14.3. The Hall–Kier alpha value is -1.64. The molecule has 0 fully saturated rings. The van der Waals surface area contributed by atoms with E-state index < -0.39 is 10.0 Å². The van der Waals surface area contributed by atoms with Gasteiger partial charge in [-0.05, 0) is 24.0 Å². The van der Waals surface area contributed by atoms with Gasteiger partial charge in [-0.3, -0.25) is 0 Å². The highest BCUT2D eigenvalue weighted by Crippen LogP contribution is 2.21. The predicted octanol–water partition coefficient (Wildman–Crippen LogP) is 2.05. The van der Waals surface area contributed by atoms with Crippen molar-refractivity contribution >= 4 is 16.0 Å². The lowest BCUT2D eigenvalue weighted by Gasteiger charge is -2.30. The Kier molecular flexibility index (Phi) is 8.71. The molecule has 0 aromatic heterocycles. The van der Waals surface area contributed by atoms with Gasteiger partial charge in [-0.2, -0.15) is 0 Å². The highest BCUT2D eigenvalue weighted by Gasteiger charge is 2.24. The number of nitrogens with zero attached hydrogens (tertiary/aromatic N) is 2. The van der Waals surface area contributed by atoms with E-state index in [0.29, 0.717) is 24.6 Å². The number of benzene rings is 1. The van der Waals surface area contributed by atoms with Crippen molar-refractivity contribution in [3.8, 4) is 0 Å². The molecule has 1 unspecified atom stereocenters. The van der Waals surface area contributed by atoms with E-state index in [0.717, 1.165) is 0 Å². The molecule has 7 nitrogen and oxygen atoms in total. The first-order valence-electron chi connectivity index (χ1n) is 9.09. The molecule has 0 bridgehead atoms. The van der Waals surface area contributed by atoms with E-state index in [-0.39, 0.29) is 23.0 Å². The third kappa shape index (κ3) is 6.79. The summed E-state index contributed by atoms with van der Waals surface area (Å²) in [6.45, 7) is 9.91. The van der Waals surface area contributed by atoms with Crippen LogP contribution in [0.5, 0.6) is 0 Å². The van der Waals surface area contributed by atoms with Crippen LogP contribution in [-0.4, -0.2) is 59.1 Å². The van der Waals surface area contributed by atoms with Crippen LogP contribution in [0, 0.1) is 5.41 Å². The standard InChI is InChI=1S/C19H34N4O3S/c1-8-20-18(22-14-17(26-7)19(2,3)4)21-13-15-11-9-10-12-16(15)27(24,25)23(5)6/h9-12,17H,8,13-14H2,1-7H3,(H2,20,21,22). The van der Waals surface area contributed by atoms with E-state index in [1.807, 2.05) is 13.0 Å². The maximum Gasteiger partial charge on any atom is 0.242 e. The third-order valence-corrected chi connectivity index (χ3v) is 6.10. The lowest BCUT2D eigenvalue weighted by molar-refractivity contribution is 0.0205. The predicted molar refractivity (Wildman–Crippen MR) is 110 cm³/mol. The van der Waals surface area contributed by atoms with E-state index in [2.05, 4.69) is 36.4 Å². The number of nitrogens with one attached hydrogen (secondary N) is 2. The molecule has 154 valence electrons. The summed E-state index contributed by atoms with van der Waals surface area (Å²) in [4.78, 5) is 4.84. The fourth-order valence-corrected chi connectivity index (χ4v) is 3.63. The Bertz CT molecular complexity index is 725. The number of rotatable bonds is 8. The Balaban J connectivity index is 3.00. The van der Waals surface area contributed by atoms with E-state index in [1.54, 1.807) is 25.3 Å². The molecule has 1 atom stereocenters. The number of methoxy groups -OCH3 is 1. The number of guanidine groups is 1. The van der Waals surface area contributed by atoms with Crippen molar-refractivity contribution in [2.75, 3.05) is 34.3 Å². The molecule has 1 aromatic rings. The average Bonchev–Trinajstić information content (AvgIpc) is 2.59. The first-order valence-corrected chi connectivity index (χ1v) is 10.5. The lowest BCUT2D eigenvalue weighted by Crippen LogP contribution is -2.45. The number of ether oxygens (including phenoxy) is 1. The smallest absolute Gasteiger partial charge is 0.242 e. The van der Waals surface area contributed by atoms with Gasteiger partial charge >= 0.3 is 0 Å². The molecular formula is C19H34N4O3S. The van der Waals surface area contributed by atoms with Gasteiger partial charge in [0, 0.05) is 34.3 Å². The van der Waals surface area contributed by atoms with Crippen LogP contribution in [0.3, 0.4) is 0 Å². The summed E-state index contributed by atoms with van der Waals surface area (Å²) in [6, 6.07) is 6.94. The first kappa shape index (κ1) is 23.4. The second-order valence-electron chi connectivity index (χ2n) is 7.56. The van der Waals surface area contributed by atoms with Crippen molar-refractivity contribution in [1.82, 2.24) is 14.9 Å². The quantitative estimate of drug-likeness (QED) is 0.517. The summed E-state index contributed by atoms with van der Waals surface area (Å²) in [5.74, 6) is 0.626. The highest BCUT2D eigenvalue weighted by molar-refractivity contribution is 7.89. The molecule has 1 aromatic carbocycles. The van der Waals surface area contributed by atoms with Crippen molar-refractivity contribution in [2.24, 2.45) is 10.4 Å². The summed E-state index contributed by atoms with van der Waals surface area (Å²) in [5, 5.41) is 6.47. The van der Waals surface area contributed by atoms with Crippen LogP contribution in [0.4, 0.5) is 0 Å². The molecule has 0 amide bonds. The molecule has 0 spiro atoms. The summed E-state index contributed by atoms with van der Waals surface area (Å²) < 4.78 is 31.8. The zero-order valence-electron chi connectivity index (χ0n) is 17.5. The van der Waals surface area contributed by atoms with Crippen LogP contribution in [0.25, 0.3) is 0 Å². The second kappa shape index (κ2) is 10.1. The Morgan fingerprint density at radius 3 is 2.37 bits per heavy atom. The zero-order chi connectivity index (χ0) is 20.7. The first-order chi connectivity index (χ1) is 12.5. The van der Waals surface area contributed by atoms with E-state index in [1.165, 1.54) is 18.4 Å². The van der Waals surface area contributed by atoms with Crippen molar-refractivity contribution in [3.63, 3.8) is 0 Å². The molecular weight excluding hydrogens is 364 g/mol. The Morgan fingerprint density at radius 2 is 1.85 bits per heavy atom. The molecule has 0 heterocycles. The molecule has 2 N–H and O–H groups in total. The third-order valence-electron chi connectivity index (χ3n) is 4.19. The molecule has 27 heavy (non-hydrogen) atoms. The van der Waals surface area contributed by atoms with Gasteiger partial charge in [-0.15, -0.1) is 0 Å². The summed E-state index contributed by atoms with van der Waals surface area (Å²) in [7, 11) is 1.24. The van der Waals surface area contributed by atoms with Crippen molar-refractivity contribution in [2.45, 2.75) is 45.2 Å². The topological polar surface area (TPSA) is 83.0 Å². The zero-order valence-corrected chi connectivity index (χ0v) is 18.4. The minimum absolute atomic E-state index is 0.00847. The molecule has 8 heteroatoms. The lowest BCUT2D eigenvalue weighted by atomic mass is 9.89. The van der Waals surface area contributed by atoms with Gasteiger partial charge < -0.3 is 15.4 Å². The molecule has 0 aliphatic heterocycles. The molecule has 0 aliphatic rings. The molecule has 0 radical (unpaired) electrons. The van der Waals surface area contributed by atoms with Gasteiger partial charge in [0.25, 0.3) is 0 Å². The van der Waals surface area contributed by atoms with Crippen LogP contribution in [0.15, 0.2) is 34.2 Å². The number of aliphatic imine (C=N–C) groups is 1. The molecule has 0 saturated heterocycles. The minimum Gasteiger partial charge on any atom is -0.379 e. The van der Waals surface area contributed by atoms with E-state index >= 15 is 0 Å². The number of hydrogen-bond acceptors (Lipinski definition) is 4. The fourth-order valence-electron chi connectivity index (χ4n) is 2.52. The van der Waals surface area contributed by atoms with Gasteiger partial charge in [0.2, 0.25) is 10.0 Å². The SMILES string of the molecule is CCNC(=NCc1ccccc1S(=O)(=O)N(C)C)NCC(OC)C(C)(C)C. The van der Waals surface area contributed by atoms with Crippen LogP contribution in [-0.2, 0) is 21.3 Å². The number of hydrogen-bond donors (Lipinski definition) is 2. The molecule has 1 rings (SSSR count). The molecule has 0 saturated carbocycles. The van der Waals surface area contributed by atoms with Crippen molar-refractivity contribution in [3.05, 3.63) is 29.8 Å². The van der Waals surface area contributed by atoms with Crippen molar-refractivity contribution in [1.29, 1.82) is 0 Å². The minimum atomic E-state index is -3.51. The van der Waals surface area contributed by atoms with E-state index in [4.69, 9.17) is 4.74 Å². The average molecular weight is 399 g/mol. The second-order valence-corrected chi connectivity index (χ2v) is 9.68. The maximum absolute atomic E-state index is 12.5. The largest absolute Gasteiger partial charge is 0.379 e. The van der Waals surface area contributed by atoms with Gasteiger partial charge in [0.1, 0.15) is 0 Å². The summed E-state index contributed by atoms with van der Waals surface area (Å²) in [6.07, 6.45) is 0.0164. The van der Waals surface area contributed by atoms with Crippen LogP contribution in [0.2, 0.25) is 0 Å². The van der Waals surface area contributed by atoms with Gasteiger partial charge in [0.05, 0.1) is 17.5 Å². The van der Waals surface area contributed by atoms with Gasteiger partial charge in [0.15, 0.2) is 5.96 Å². The van der Waals surface area contributed by atoms with Crippen molar-refractivity contribution < 1.29 is 13.2 Å². The van der Waals surface area contributed by atoms with Gasteiger partial charge in [-0.1, -0.05) is 39.0 Å². The molecule has 0 aliphatic carbocycles. The monoisotopic (exact) mass is 398 g/mol. The van der Waals surface area contributed by atoms with Crippen LogP contribution in [0.1, 0.15) is 33.3 Å². The Morgan fingerprint density at radius 1 is 1.22 bits per heavy atom. The van der Waals surface area contributed by atoms with Gasteiger partial charge in [-0.25, -0.2) is 17.7 Å². The van der Waals surface area contributed by atoms with Crippen LogP contribution >= 0.6 is 0 Å². The highest BCUT2D eigenvalue weighted by atomic mass is 32.2. The van der Waals surface area contributed by atoms with E-state index in [9.17, 15) is 8.42 Å². The Labute approximate surface area is 164 Å². The number of sulfonamides is 1. The maximum atomic E-state index is 12.5. The summed E-state index contributed by atoms with van der Waals surface area (Å²) in [5.41, 5.74) is 0.647. The summed E-state index contributed by atoms with van der Waals surface area (Å²) >= 11 is 0. The fraction of sp³-hybridized carbons (Fsp3) is 0.632.